The van der Waals surface area contributed by atoms with Crippen LogP contribution in [0.1, 0.15) is 15.9 Å². The summed E-state index contributed by atoms with van der Waals surface area (Å²) in [5.41, 5.74) is 1.59. The van der Waals surface area contributed by atoms with Gasteiger partial charge in [0.25, 0.3) is 15.9 Å². The van der Waals surface area contributed by atoms with Crippen LogP contribution in [0.15, 0.2) is 70.3 Å². The predicted octanol–water partition coefficient (Wildman–Crippen LogP) is 3.53. The molecule has 0 saturated heterocycles. The Morgan fingerprint density at radius 3 is 2.46 bits per heavy atom. The van der Waals surface area contributed by atoms with Gasteiger partial charge in [0.05, 0.1) is 18.4 Å². The highest BCUT2D eigenvalue weighted by Gasteiger charge is 2.19. The van der Waals surface area contributed by atoms with Gasteiger partial charge in [0.2, 0.25) is 0 Å². The molecule has 6 nitrogen and oxygen atoms in total. The zero-order valence-electron chi connectivity index (χ0n) is 15.2. The number of para-hydroxylation sites is 1. The summed E-state index contributed by atoms with van der Waals surface area (Å²) in [5, 5.41) is 4.52. The summed E-state index contributed by atoms with van der Waals surface area (Å²) in [7, 11) is -2.11. The lowest BCUT2D eigenvalue weighted by Crippen LogP contribution is -2.27. The molecule has 0 aliphatic rings. The number of hydrogen-bond donors (Lipinski definition) is 2. The Kier molecular flexibility index (Phi) is 6.33. The lowest BCUT2D eigenvalue weighted by Gasteiger charge is -2.12. The van der Waals surface area contributed by atoms with E-state index in [0.29, 0.717) is 13.0 Å². The van der Waals surface area contributed by atoms with Crippen LogP contribution in [0.25, 0.3) is 0 Å². The third-order valence-corrected chi connectivity index (χ3v) is 6.80. The van der Waals surface area contributed by atoms with Crippen LogP contribution < -0.4 is 14.8 Å². The summed E-state index contributed by atoms with van der Waals surface area (Å²) >= 11 is 1.12. The predicted molar refractivity (Wildman–Crippen MR) is 111 cm³/mol. The molecule has 0 aliphatic carbocycles. The van der Waals surface area contributed by atoms with Gasteiger partial charge in [-0.05, 0) is 47.7 Å². The largest absolute Gasteiger partial charge is 0.497 e. The molecule has 0 fully saturated rings. The normalized spacial score (nSPS) is 11.0. The number of methoxy groups -OCH3 is 1. The quantitative estimate of drug-likeness (QED) is 0.588. The summed E-state index contributed by atoms with van der Waals surface area (Å²) in [5.74, 6) is 0.442. The maximum Gasteiger partial charge on any atom is 0.271 e. The summed E-state index contributed by atoms with van der Waals surface area (Å²) in [6.45, 7) is 0.428. The number of sulfonamides is 1. The van der Waals surface area contributed by atoms with E-state index in [-0.39, 0.29) is 21.4 Å². The molecule has 3 rings (SSSR count). The molecule has 3 aromatic rings. The van der Waals surface area contributed by atoms with Gasteiger partial charge in [0.15, 0.2) is 0 Å². The number of carbonyl (C=O) groups excluding carboxylic acids is 1. The van der Waals surface area contributed by atoms with Crippen LogP contribution in [-0.4, -0.2) is 28.0 Å². The first-order chi connectivity index (χ1) is 13.5. The van der Waals surface area contributed by atoms with Gasteiger partial charge in [-0.15, -0.1) is 11.3 Å². The first-order valence-corrected chi connectivity index (χ1v) is 10.9. The number of benzene rings is 2. The fourth-order valence-electron chi connectivity index (χ4n) is 2.59. The lowest BCUT2D eigenvalue weighted by atomic mass is 10.1. The lowest BCUT2D eigenvalue weighted by molar-refractivity contribution is 0.0955. The molecule has 0 aliphatic heterocycles. The van der Waals surface area contributed by atoms with Crippen LogP contribution in [0, 0.1) is 0 Å². The molecule has 0 radical (unpaired) electrons. The Morgan fingerprint density at radius 1 is 1.04 bits per heavy atom. The van der Waals surface area contributed by atoms with E-state index in [2.05, 4.69) is 10.0 Å². The minimum absolute atomic E-state index is 0.196. The topological polar surface area (TPSA) is 84.5 Å². The molecule has 1 heterocycles. The average Bonchev–Trinajstić information content (AvgIpc) is 3.24. The number of anilines is 1. The van der Waals surface area contributed by atoms with Gasteiger partial charge in [0, 0.05) is 6.54 Å². The molecular weight excluding hydrogens is 396 g/mol. The maximum absolute atomic E-state index is 12.6. The first kappa shape index (κ1) is 19.9. The van der Waals surface area contributed by atoms with E-state index in [1.165, 1.54) is 6.07 Å². The third kappa shape index (κ3) is 4.90. The Morgan fingerprint density at radius 2 is 1.79 bits per heavy atom. The fraction of sp³-hybridized carbons (Fsp3) is 0.150. The van der Waals surface area contributed by atoms with Crippen molar-refractivity contribution in [3.05, 3.63) is 77.2 Å². The van der Waals surface area contributed by atoms with E-state index in [1.54, 1.807) is 42.8 Å². The summed E-state index contributed by atoms with van der Waals surface area (Å²) in [4.78, 5) is 12.6. The molecule has 146 valence electrons. The number of carbonyl (C=O) groups is 1. The highest BCUT2D eigenvalue weighted by Crippen LogP contribution is 2.22. The van der Waals surface area contributed by atoms with E-state index < -0.39 is 10.0 Å². The fourth-order valence-corrected chi connectivity index (χ4v) is 4.66. The number of amides is 1. The highest BCUT2D eigenvalue weighted by atomic mass is 32.2. The van der Waals surface area contributed by atoms with Gasteiger partial charge in [-0.25, -0.2) is 8.42 Å². The van der Waals surface area contributed by atoms with E-state index in [4.69, 9.17) is 4.74 Å². The molecule has 0 atom stereocenters. The third-order valence-electron chi connectivity index (χ3n) is 4.03. The van der Waals surface area contributed by atoms with Crippen LogP contribution in [0.5, 0.6) is 5.75 Å². The Bertz CT molecular complexity index is 1030. The number of ether oxygens (including phenoxy) is 1. The van der Waals surface area contributed by atoms with Gasteiger partial charge >= 0.3 is 0 Å². The van der Waals surface area contributed by atoms with E-state index >= 15 is 0 Å². The van der Waals surface area contributed by atoms with Crippen LogP contribution in [0.3, 0.4) is 0 Å². The zero-order chi connectivity index (χ0) is 20.0. The van der Waals surface area contributed by atoms with Crippen molar-refractivity contribution in [2.45, 2.75) is 10.6 Å². The van der Waals surface area contributed by atoms with Crippen molar-refractivity contribution in [2.24, 2.45) is 0 Å². The molecule has 0 saturated carbocycles. The van der Waals surface area contributed by atoms with Crippen LogP contribution in [0.4, 0.5) is 5.69 Å². The van der Waals surface area contributed by atoms with Crippen LogP contribution in [-0.2, 0) is 16.4 Å². The van der Waals surface area contributed by atoms with Crippen molar-refractivity contribution in [3.8, 4) is 5.75 Å². The molecule has 0 spiro atoms. The average molecular weight is 417 g/mol. The number of nitrogens with one attached hydrogen (secondary N) is 2. The van der Waals surface area contributed by atoms with Crippen molar-refractivity contribution in [1.82, 2.24) is 5.32 Å². The molecule has 1 aromatic heterocycles. The van der Waals surface area contributed by atoms with Gasteiger partial charge in [-0.3, -0.25) is 9.52 Å². The zero-order valence-corrected chi connectivity index (χ0v) is 16.8. The molecule has 2 aromatic carbocycles. The molecular formula is C20H20N2O4S2. The summed E-state index contributed by atoms with van der Waals surface area (Å²) in [6, 6.07) is 17.3. The Balaban J connectivity index is 1.65. The van der Waals surface area contributed by atoms with Crippen molar-refractivity contribution in [3.63, 3.8) is 0 Å². The van der Waals surface area contributed by atoms with E-state index in [1.807, 2.05) is 24.3 Å². The van der Waals surface area contributed by atoms with Crippen LogP contribution in [0.2, 0.25) is 0 Å². The van der Waals surface area contributed by atoms with Gasteiger partial charge in [-0.1, -0.05) is 30.3 Å². The van der Waals surface area contributed by atoms with Crippen molar-refractivity contribution in [1.29, 1.82) is 0 Å². The van der Waals surface area contributed by atoms with Gasteiger partial charge < -0.3 is 10.1 Å². The second kappa shape index (κ2) is 8.90. The highest BCUT2D eigenvalue weighted by molar-refractivity contribution is 7.94. The van der Waals surface area contributed by atoms with Crippen LogP contribution >= 0.6 is 11.3 Å². The number of rotatable bonds is 8. The first-order valence-electron chi connectivity index (χ1n) is 8.56. The standard InChI is InChI=1S/C20H20N2O4S2/c1-26-16-10-8-15(9-11-16)12-13-21-20(23)17-5-2-3-6-18(17)22-28(24,25)19-7-4-14-27-19/h2-11,14,22H,12-13H2,1H3,(H,21,23). The minimum atomic E-state index is -3.72. The monoisotopic (exact) mass is 416 g/mol. The van der Waals surface area contributed by atoms with Gasteiger partial charge in [0.1, 0.15) is 9.96 Å². The Hall–Kier alpha value is -2.84. The molecule has 0 unspecified atom stereocenters. The molecule has 1 amide bonds. The van der Waals surface area contributed by atoms with Gasteiger partial charge in [-0.2, -0.15) is 0 Å². The smallest absolute Gasteiger partial charge is 0.271 e. The second-order valence-electron chi connectivity index (χ2n) is 5.94. The van der Waals surface area contributed by atoms with Crippen molar-refractivity contribution >= 4 is 33.0 Å². The van der Waals surface area contributed by atoms with Crippen molar-refractivity contribution in [2.75, 3.05) is 18.4 Å². The van der Waals surface area contributed by atoms with E-state index in [0.717, 1.165) is 22.6 Å². The molecule has 0 bridgehead atoms. The van der Waals surface area contributed by atoms with E-state index in [9.17, 15) is 13.2 Å². The number of thiophene rings is 1. The van der Waals surface area contributed by atoms with Crippen molar-refractivity contribution < 1.29 is 17.9 Å². The Labute approximate surface area is 168 Å². The molecule has 2 N–H and O–H groups in total. The molecule has 28 heavy (non-hydrogen) atoms. The minimum Gasteiger partial charge on any atom is -0.497 e. The molecule has 8 heteroatoms. The maximum atomic E-state index is 12.6. The second-order valence-corrected chi connectivity index (χ2v) is 8.79. The number of hydrogen-bond acceptors (Lipinski definition) is 5. The summed E-state index contributed by atoms with van der Waals surface area (Å²) in [6.07, 6.45) is 0.652. The summed E-state index contributed by atoms with van der Waals surface area (Å²) < 4.78 is 32.7. The SMILES string of the molecule is COc1ccc(CCNC(=O)c2ccccc2NS(=O)(=O)c2cccs2)cc1.